The zero-order chi connectivity index (χ0) is 13.3. The van der Waals surface area contributed by atoms with E-state index in [4.69, 9.17) is 0 Å². The Morgan fingerprint density at radius 1 is 0.842 bits per heavy atom. The fourth-order valence-corrected chi connectivity index (χ4v) is 3.66. The summed E-state index contributed by atoms with van der Waals surface area (Å²) in [6.45, 7) is 6.27. The molecule has 2 heteroatoms. The van der Waals surface area contributed by atoms with E-state index in [1.165, 1.54) is 90.3 Å². The van der Waals surface area contributed by atoms with Gasteiger partial charge in [-0.1, -0.05) is 45.4 Å². The molecule has 1 saturated carbocycles. The molecular weight excluding hydrogens is 232 g/mol. The van der Waals surface area contributed by atoms with Gasteiger partial charge in [0.25, 0.3) is 0 Å². The molecule has 2 rings (SSSR count). The largest absolute Gasteiger partial charge is 0.311 e. The molecule has 0 unspecified atom stereocenters. The van der Waals surface area contributed by atoms with Crippen molar-refractivity contribution in [2.75, 3.05) is 19.6 Å². The summed E-state index contributed by atoms with van der Waals surface area (Å²) in [5, 5.41) is 3.98. The van der Waals surface area contributed by atoms with Gasteiger partial charge in [0, 0.05) is 12.1 Å². The quantitative estimate of drug-likeness (QED) is 0.810. The number of nitrogens with one attached hydrogen (secondary N) is 1. The van der Waals surface area contributed by atoms with E-state index >= 15 is 0 Å². The van der Waals surface area contributed by atoms with E-state index in [2.05, 4.69) is 17.1 Å². The number of piperidine rings is 1. The summed E-state index contributed by atoms with van der Waals surface area (Å²) in [5.41, 5.74) is 0. The van der Waals surface area contributed by atoms with E-state index in [-0.39, 0.29) is 0 Å². The Morgan fingerprint density at radius 3 is 2.05 bits per heavy atom. The first-order chi connectivity index (χ1) is 9.38. The molecule has 0 radical (unpaired) electrons. The van der Waals surface area contributed by atoms with Crippen molar-refractivity contribution in [1.29, 1.82) is 0 Å². The SMILES string of the molecule is CCCCN1CCC(NC2CCCCCCC2)CC1. The molecule has 0 aromatic carbocycles. The third kappa shape index (κ3) is 5.83. The predicted molar refractivity (Wildman–Crippen MR) is 83.6 cm³/mol. The molecule has 2 nitrogen and oxygen atoms in total. The van der Waals surface area contributed by atoms with Crippen LogP contribution >= 0.6 is 0 Å². The van der Waals surface area contributed by atoms with Gasteiger partial charge in [0.05, 0.1) is 0 Å². The lowest BCUT2D eigenvalue weighted by Gasteiger charge is -2.35. The molecule has 112 valence electrons. The maximum atomic E-state index is 3.98. The number of likely N-dealkylation sites (tertiary alicyclic amines) is 1. The van der Waals surface area contributed by atoms with Crippen LogP contribution in [0.2, 0.25) is 0 Å². The van der Waals surface area contributed by atoms with E-state index in [0.717, 1.165) is 12.1 Å². The number of hydrogen-bond donors (Lipinski definition) is 1. The zero-order valence-corrected chi connectivity index (χ0v) is 13.0. The van der Waals surface area contributed by atoms with Crippen LogP contribution in [-0.4, -0.2) is 36.6 Å². The van der Waals surface area contributed by atoms with Gasteiger partial charge in [0.1, 0.15) is 0 Å². The van der Waals surface area contributed by atoms with Crippen molar-refractivity contribution in [2.45, 2.75) is 89.6 Å². The molecule has 2 fully saturated rings. The summed E-state index contributed by atoms with van der Waals surface area (Å²) in [6.07, 6.45) is 15.6. The second-order valence-corrected chi connectivity index (χ2v) is 6.68. The van der Waals surface area contributed by atoms with Crippen LogP contribution in [0.1, 0.15) is 77.6 Å². The molecular formula is C17H34N2. The van der Waals surface area contributed by atoms with Crippen molar-refractivity contribution in [1.82, 2.24) is 10.2 Å². The van der Waals surface area contributed by atoms with Gasteiger partial charge in [-0.25, -0.2) is 0 Å². The van der Waals surface area contributed by atoms with Gasteiger partial charge in [0.15, 0.2) is 0 Å². The Hall–Kier alpha value is -0.0800. The summed E-state index contributed by atoms with van der Waals surface area (Å²) in [7, 11) is 0. The van der Waals surface area contributed by atoms with Crippen LogP contribution in [0.4, 0.5) is 0 Å². The average Bonchev–Trinajstić information content (AvgIpc) is 2.41. The Kier molecular flexibility index (Phi) is 7.23. The Balaban J connectivity index is 1.63. The highest BCUT2D eigenvalue weighted by Gasteiger charge is 2.21. The van der Waals surface area contributed by atoms with Crippen molar-refractivity contribution in [3.05, 3.63) is 0 Å². The number of nitrogens with zero attached hydrogens (tertiary/aromatic N) is 1. The van der Waals surface area contributed by atoms with Gasteiger partial charge in [0.2, 0.25) is 0 Å². The predicted octanol–water partition coefficient (Wildman–Crippen LogP) is 3.95. The van der Waals surface area contributed by atoms with Crippen LogP contribution in [0.25, 0.3) is 0 Å². The molecule has 1 N–H and O–H groups in total. The molecule has 0 spiro atoms. The molecule has 0 atom stereocenters. The van der Waals surface area contributed by atoms with Crippen LogP contribution in [0.5, 0.6) is 0 Å². The Bertz CT molecular complexity index is 213. The minimum absolute atomic E-state index is 0.808. The number of hydrogen-bond acceptors (Lipinski definition) is 2. The fourth-order valence-electron chi connectivity index (χ4n) is 3.66. The molecule has 19 heavy (non-hydrogen) atoms. The van der Waals surface area contributed by atoms with Gasteiger partial charge in [-0.2, -0.15) is 0 Å². The van der Waals surface area contributed by atoms with E-state index in [9.17, 15) is 0 Å². The summed E-state index contributed by atoms with van der Waals surface area (Å²) in [5.74, 6) is 0. The first-order valence-electron chi connectivity index (χ1n) is 8.87. The second-order valence-electron chi connectivity index (χ2n) is 6.68. The maximum Gasteiger partial charge on any atom is 0.00940 e. The average molecular weight is 266 g/mol. The van der Waals surface area contributed by atoms with Crippen molar-refractivity contribution >= 4 is 0 Å². The van der Waals surface area contributed by atoms with Crippen molar-refractivity contribution in [2.24, 2.45) is 0 Å². The highest BCUT2D eigenvalue weighted by atomic mass is 15.1. The molecule has 0 aromatic heterocycles. The van der Waals surface area contributed by atoms with Crippen LogP contribution in [0.15, 0.2) is 0 Å². The normalized spacial score (nSPS) is 25.1. The van der Waals surface area contributed by atoms with E-state index < -0.39 is 0 Å². The highest BCUT2D eigenvalue weighted by Crippen LogP contribution is 2.19. The topological polar surface area (TPSA) is 15.3 Å². The van der Waals surface area contributed by atoms with E-state index in [0.29, 0.717) is 0 Å². The Labute approximate surface area is 120 Å². The number of rotatable bonds is 5. The van der Waals surface area contributed by atoms with Gasteiger partial charge in [-0.3, -0.25) is 0 Å². The summed E-state index contributed by atoms with van der Waals surface area (Å²) in [6, 6.07) is 1.63. The van der Waals surface area contributed by atoms with E-state index in [1.807, 2.05) is 0 Å². The van der Waals surface area contributed by atoms with Gasteiger partial charge in [-0.15, -0.1) is 0 Å². The lowest BCUT2D eigenvalue weighted by Crippen LogP contribution is -2.46. The lowest BCUT2D eigenvalue weighted by atomic mass is 9.94. The van der Waals surface area contributed by atoms with Gasteiger partial charge < -0.3 is 10.2 Å². The van der Waals surface area contributed by atoms with Crippen molar-refractivity contribution in [3.63, 3.8) is 0 Å². The van der Waals surface area contributed by atoms with Crippen LogP contribution in [-0.2, 0) is 0 Å². The van der Waals surface area contributed by atoms with Gasteiger partial charge >= 0.3 is 0 Å². The number of unbranched alkanes of at least 4 members (excludes halogenated alkanes) is 1. The molecule has 0 aromatic rings. The summed E-state index contributed by atoms with van der Waals surface area (Å²) in [4.78, 5) is 2.67. The molecule has 0 bridgehead atoms. The first-order valence-corrected chi connectivity index (χ1v) is 8.87. The standard InChI is InChI=1S/C17H34N2/c1-2-3-13-19-14-11-17(12-15-19)18-16-9-7-5-4-6-8-10-16/h16-18H,2-15H2,1H3. The van der Waals surface area contributed by atoms with Crippen LogP contribution in [0.3, 0.4) is 0 Å². The van der Waals surface area contributed by atoms with Crippen molar-refractivity contribution < 1.29 is 0 Å². The molecule has 0 amide bonds. The highest BCUT2D eigenvalue weighted by molar-refractivity contribution is 4.81. The third-order valence-electron chi connectivity index (χ3n) is 4.99. The van der Waals surface area contributed by atoms with Crippen LogP contribution < -0.4 is 5.32 Å². The molecule has 1 saturated heterocycles. The molecule has 1 aliphatic carbocycles. The van der Waals surface area contributed by atoms with E-state index in [1.54, 1.807) is 0 Å². The minimum atomic E-state index is 0.808. The first kappa shape index (κ1) is 15.3. The maximum absolute atomic E-state index is 3.98. The fraction of sp³-hybridized carbons (Fsp3) is 1.00. The Morgan fingerprint density at radius 2 is 1.42 bits per heavy atom. The van der Waals surface area contributed by atoms with Crippen molar-refractivity contribution in [3.8, 4) is 0 Å². The molecule has 2 aliphatic rings. The molecule has 1 heterocycles. The smallest absolute Gasteiger partial charge is 0.00940 e. The zero-order valence-electron chi connectivity index (χ0n) is 13.0. The molecule has 1 aliphatic heterocycles. The third-order valence-corrected chi connectivity index (χ3v) is 4.99. The monoisotopic (exact) mass is 266 g/mol. The van der Waals surface area contributed by atoms with Gasteiger partial charge in [-0.05, 0) is 51.7 Å². The van der Waals surface area contributed by atoms with Crippen LogP contribution in [0, 0.1) is 0 Å². The summed E-state index contributed by atoms with van der Waals surface area (Å²) >= 11 is 0. The second kappa shape index (κ2) is 8.97. The minimum Gasteiger partial charge on any atom is -0.311 e. The lowest BCUT2D eigenvalue weighted by molar-refractivity contribution is 0.184. The summed E-state index contributed by atoms with van der Waals surface area (Å²) < 4.78 is 0.